The van der Waals surface area contributed by atoms with Crippen LogP contribution in [0.1, 0.15) is 85.0 Å². The first-order valence-corrected chi connectivity index (χ1v) is 9.37. The number of hydrogen-bond acceptors (Lipinski definition) is 3. The minimum Gasteiger partial charge on any atom is -0.264 e. The molecule has 4 nitrogen and oxygen atoms in total. The van der Waals surface area contributed by atoms with Crippen LogP contribution in [0, 0.1) is 5.92 Å². The Balaban J connectivity index is 3.74. The maximum absolute atomic E-state index is 10.8. The van der Waals surface area contributed by atoms with E-state index >= 15 is 0 Å². The molecule has 0 aliphatic rings. The fourth-order valence-electron chi connectivity index (χ4n) is 2.41. The second-order valence-corrected chi connectivity index (χ2v) is 7.09. The van der Waals surface area contributed by atoms with Gasteiger partial charge in [0.25, 0.3) is 0 Å². The standard InChI is InChI=1S/C15H32O4S/c1-4-5-6-7-8-9-10-11-12-15(13-14(2)3)19-20(16,17)18/h14-15H,4-13H2,1-3H3,(H,16,17,18). The molecular weight excluding hydrogens is 276 g/mol. The molecule has 0 fully saturated rings. The minimum atomic E-state index is -4.33. The van der Waals surface area contributed by atoms with Crippen molar-refractivity contribution in [3.05, 3.63) is 0 Å². The van der Waals surface area contributed by atoms with Gasteiger partial charge in [-0.05, 0) is 18.8 Å². The highest BCUT2D eigenvalue weighted by molar-refractivity contribution is 7.80. The quantitative estimate of drug-likeness (QED) is 0.394. The number of unbranched alkanes of at least 4 members (excludes halogenated alkanes) is 7. The van der Waals surface area contributed by atoms with Crippen LogP contribution in [0.3, 0.4) is 0 Å². The minimum absolute atomic E-state index is 0.357. The molecule has 0 saturated carbocycles. The SMILES string of the molecule is CCCCCCCCCCC(CC(C)C)OS(=O)(=O)O. The highest BCUT2D eigenvalue weighted by atomic mass is 32.3. The predicted molar refractivity (Wildman–Crippen MR) is 83.1 cm³/mol. The summed E-state index contributed by atoms with van der Waals surface area (Å²) in [4.78, 5) is 0. The van der Waals surface area contributed by atoms with Gasteiger partial charge in [0, 0.05) is 0 Å². The van der Waals surface area contributed by atoms with Gasteiger partial charge in [0.05, 0.1) is 6.10 Å². The van der Waals surface area contributed by atoms with Gasteiger partial charge in [-0.15, -0.1) is 0 Å². The molecular formula is C15H32O4S. The van der Waals surface area contributed by atoms with Crippen molar-refractivity contribution in [1.82, 2.24) is 0 Å². The molecule has 122 valence electrons. The fourth-order valence-corrected chi connectivity index (χ4v) is 2.93. The van der Waals surface area contributed by atoms with Gasteiger partial charge in [-0.1, -0.05) is 72.1 Å². The summed E-state index contributed by atoms with van der Waals surface area (Å²) >= 11 is 0. The van der Waals surface area contributed by atoms with E-state index in [1.807, 2.05) is 13.8 Å². The van der Waals surface area contributed by atoms with E-state index in [0.29, 0.717) is 18.8 Å². The molecule has 0 aromatic carbocycles. The normalized spacial score (nSPS) is 13.8. The van der Waals surface area contributed by atoms with Crippen LogP contribution in [0.15, 0.2) is 0 Å². The van der Waals surface area contributed by atoms with Gasteiger partial charge in [0.15, 0.2) is 0 Å². The van der Waals surface area contributed by atoms with E-state index in [-0.39, 0.29) is 6.10 Å². The maximum atomic E-state index is 10.8. The molecule has 0 aromatic rings. The van der Waals surface area contributed by atoms with Crippen molar-refractivity contribution < 1.29 is 17.2 Å². The van der Waals surface area contributed by atoms with Gasteiger partial charge in [-0.3, -0.25) is 4.55 Å². The number of rotatable bonds is 13. The van der Waals surface area contributed by atoms with Crippen molar-refractivity contribution in [3.63, 3.8) is 0 Å². The van der Waals surface area contributed by atoms with Crippen LogP contribution in [0.2, 0.25) is 0 Å². The fraction of sp³-hybridized carbons (Fsp3) is 1.00. The van der Waals surface area contributed by atoms with Crippen molar-refractivity contribution in [3.8, 4) is 0 Å². The third kappa shape index (κ3) is 14.3. The summed E-state index contributed by atoms with van der Waals surface area (Å²) in [7, 11) is -4.33. The highest BCUT2D eigenvalue weighted by Gasteiger charge is 2.18. The molecule has 0 aliphatic carbocycles. The second-order valence-electron chi connectivity index (χ2n) is 6.04. The van der Waals surface area contributed by atoms with Gasteiger partial charge in [0.1, 0.15) is 0 Å². The van der Waals surface area contributed by atoms with Crippen molar-refractivity contribution in [2.24, 2.45) is 5.92 Å². The zero-order valence-electron chi connectivity index (χ0n) is 13.3. The van der Waals surface area contributed by atoms with E-state index in [2.05, 4.69) is 6.92 Å². The molecule has 0 amide bonds. The Morgan fingerprint density at radius 2 is 1.45 bits per heavy atom. The summed E-state index contributed by atoms with van der Waals surface area (Å²) in [6.07, 6.45) is 10.7. The molecule has 0 heterocycles. The summed E-state index contributed by atoms with van der Waals surface area (Å²) < 4.78 is 35.1. The average molecular weight is 308 g/mol. The summed E-state index contributed by atoms with van der Waals surface area (Å²) in [6, 6.07) is 0. The molecule has 1 atom stereocenters. The first kappa shape index (κ1) is 19.9. The molecule has 5 heteroatoms. The van der Waals surface area contributed by atoms with Gasteiger partial charge in [-0.2, -0.15) is 8.42 Å². The van der Waals surface area contributed by atoms with Crippen molar-refractivity contribution in [1.29, 1.82) is 0 Å². The Morgan fingerprint density at radius 3 is 1.90 bits per heavy atom. The van der Waals surface area contributed by atoms with Gasteiger partial charge < -0.3 is 0 Å². The van der Waals surface area contributed by atoms with E-state index in [4.69, 9.17) is 8.74 Å². The summed E-state index contributed by atoms with van der Waals surface area (Å²) in [5, 5.41) is 0. The lowest BCUT2D eigenvalue weighted by Gasteiger charge is -2.17. The lowest BCUT2D eigenvalue weighted by atomic mass is 10.00. The maximum Gasteiger partial charge on any atom is 0.397 e. The second kappa shape index (κ2) is 11.5. The van der Waals surface area contributed by atoms with Crippen molar-refractivity contribution in [2.75, 3.05) is 0 Å². The zero-order valence-corrected chi connectivity index (χ0v) is 14.1. The van der Waals surface area contributed by atoms with E-state index < -0.39 is 10.4 Å². The van der Waals surface area contributed by atoms with Crippen LogP contribution in [0.4, 0.5) is 0 Å². The Kier molecular flexibility index (Phi) is 11.4. The lowest BCUT2D eigenvalue weighted by molar-refractivity contribution is 0.147. The Labute approximate surface area is 125 Å². The van der Waals surface area contributed by atoms with E-state index in [0.717, 1.165) is 12.8 Å². The lowest BCUT2D eigenvalue weighted by Crippen LogP contribution is -2.20. The summed E-state index contributed by atoms with van der Waals surface area (Å²) in [5.41, 5.74) is 0. The van der Waals surface area contributed by atoms with Crippen molar-refractivity contribution >= 4 is 10.4 Å². The molecule has 0 spiro atoms. The molecule has 1 unspecified atom stereocenters. The van der Waals surface area contributed by atoms with E-state index in [9.17, 15) is 8.42 Å². The average Bonchev–Trinajstić information content (AvgIpc) is 2.29. The Morgan fingerprint density at radius 1 is 0.950 bits per heavy atom. The van der Waals surface area contributed by atoms with Crippen LogP contribution in [-0.4, -0.2) is 19.1 Å². The summed E-state index contributed by atoms with van der Waals surface area (Å²) in [5.74, 6) is 0.357. The van der Waals surface area contributed by atoms with E-state index in [1.165, 1.54) is 38.5 Å². The molecule has 20 heavy (non-hydrogen) atoms. The Bertz CT molecular complexity index is 312. The Hall–Kier alpha value is -0.130. The first-order chi connectivity index (χ1) is 9.35. The van der Waals surface area contributed by atoms with E-state index in [1.54, 1.807) is 0 Å². The smallest absolute Gasteiger partial charge is 0.264 e. The van der Waals surface area contributed by atoms with Gasteiger partial charge in [-0.25, -0.2) is 4.18 Å². The van der Waals surface area contributed by atoms with Crippen LogP contribution in [0.5, 0.6) is 0 Å². The molecule has 0 saturated heterocycles. The summed E-state index contributed by atoms with van der Waals surface area (Å²) in [6.45, 7) is 6.26. The van der Waals surface area contributed by atoms with Gasteiger partial charge in [0.2, 0.25) is 0 Å². The van der Waals surface area contributed by atoms with Crippen LogP contribution < -0.4 is 0 Å². The zero-order chi connectivity index (χ0) is 15.4. The third-order valence-electron chi connectivity index (χ3n) is 3.37. The van der Waals surface area contributed by atoms with Crippen LogP contribution >= 0.6 is 0 Å². The monoisotopic (exact) mass is 308 g/mol. The molecule has 0 radical (unpaired) electrons. The molecule has 1 N–H and O–H groups in total. The predicted octanol–water partition coefficient (Wildman–Crippen LogP) is 4.75. The highest BCUT2D eigenvalue weighted by Crippen LogP contribution is 2.18. The molecule has 0 aliphatic heterocycles. The van der Waals surface area contributed by atoms with Gasteiger partial charge >= 0.3 is 10.4 Å². The topological polar surface area (TPSA) is 63.6 Å². The van der Waals surface area contributed by atoms with Crippen molar-refractivity contribution in [2.45, 2.75) is 91.1 Å². The van der Waals surface area contributed by atoms with Crippen LogP contribution in [0.25, 0.3) is 0 Å². The molecule has 0 bridgehead atoms. The first-order valence-electron chi connectivity index (χ1n) is 8.00. The van der Waals surface area contributed by atoms with Crippen LogP contribution in [-0.2, 0) is 14.6 Å². The largest absolute Gasteiger partial charge is 0.397 e. The number of hydrogen-bond donors (Lipinski definition) is 1. The molecule has 0 aromatic heterocycles. The third-order valence-corrected chi connectivity index (χ3v) is 3.89. The molecule has 0 rings (SSSR count).